The first-order valence-corrected chi connectivity index (χ1v) is 4.15. The van der Waals surface area contributed by atoms with Crippen LogP contribution in [0.1, 0.15) is 34.6 Å². The van der Waals surface area contributed by atoms with Gasteiger partial charge in [0.05, 0.1) is 11.4 Å². The Morgan fingerprint density at radius 1 is 0.929 bits per heavy atom. The summed E-state index contributed by atoms with van der Waals surface area (Å²) in [5.74, 6) is -0.325. The fourth-order valence-electron chi connectivity index (χ4n) is 1.25. The van der Waals surface area contributed by atoms with Gasteiger partial charge >= 0.3 is 0 Å². The van der Waals surface area contributed by atoms with Gasteiger partial charge in [0.25, 0.3) is 0 Å². The lowest BCUT2D eigenvalue weighted by Gasteiger charge is -2.08. The second-order valence-electron chi connectivity index (χ2n) is 3.10. The van der Waals surface area contributed by atoms with Gasteiger partial charge in [-0.1, -0.05) is 0 Å². The van der Waals surface area contributed by atoms with Crippen molar-refractivity contribution in [2.75, 3.05) is 11.5 Å². The third-order valence-electron chi connectivity index (χ3n) is 2.05. The average Bonchev–Trinajstić information content (AvgIpc) is 2.08. The summed E-state index contributed by atoms with van der Waals surface area (Å²) < 4.78 is 0. The van der Waals surface area contributed by atoms with Crippen LogP contribution in [0, 0.1) is 0 Å². The molecule has 0 aliphatic carbocycles. The van der Waals surface area contributed by atoms with Gasteiger partial charge < -0.3 is 11.5 Å². The Balaban J connectivity index is 3.41. The lowest BCUT2D eigenvalue weighted by molar-refractivity contribution is 0.100. The molecule has 0 fully saturated rings. The van der Waals surface area contributed by atoms with E-state index in [1.807, 2.05) is 0 Å². The van der Waals surface area contributed by atoms with Crippen LogP contribution in [0.4, 0.5) is 11.4 Å². The molecule has 4 nitrogen and oxygen atoms in total. The van der Waals surface area contributed by atoms with Crippen LogP contribution < -0.4 is 11.5 Å². The highest BCUT2D eigenvalue weighted by Crippen LogP contribution is 2.25. The van der Waals surface area contributed by atoms with Gasteiger partial charge in [-0.3, -0.25) is 9.59 Å². The molecule has 0 spiro atoms. The van der Waals surface area contributed by atoms with Gasteiger partial charge in [0, 0.05) is 11.1 Å². The molecule has 74 valence electrons. The average molecular weight is 192 g/mol. The Labute approximate surface area is 81.9 Å². The Morgan fingerprint density at radius 2 is 1.21 bits per heavy atom. The summed E-state index contributed by atoms with van der Waals surface area (Å²) in [5.41, 5.74) is 12.3. The van der Waals surface area contributed by atoms with E-state index >= 15 is 0 Å². The molecule has 0 atom stereocenters. The predicted molar refractivity (Wildman–Crippen MR) is 55.3 cm³/mol. The number of ketones is 2. The van der Waals surface area contributed by atoms with E-state index in [0.29, 0.717) is 11.1 Å². The molecular formula is C10H12N2O2. The van der Waals surface area contributed by atoms with Gasteiger partial charge in [0.15, 0.2) is 11.6 Å². The zero-order valence-electron chi connectivity index (χ0n) is 8.13. The van der Waals surface area contributed by atoms with E-state index in [2.05, 4.69) is 0 Å². The van der Waals surface area contributed by atoms with Crippen LogP contribution in [-0.2, 0) is 0 Å². The monoisotopic (exact) mass is 192 g/mol. The number of rotatable bonds is 2. The summed E-state index contributed by atoms with van der Waals surface area (Å²) in [4.78, 5) is 22.2. The third-order valence-corrected chi connectivity index (χ3v) is 2.05. The lowest BCUT2D eigenvalue weighted by Crippen LogP contribution is -2.08. The molecule has 0 unspecified atom stereocenters. The summed E-state index contributed by atoms with van der Waals surface area (Å²) in [5, 5.41) is 0. The minimum atomic E-state index is -0.163. The number of hydrogen-bond donors (Lipinski definition) is 2. The van der Waals surface area contributed by atoms with Crippen LogP contribution in [0.15, 0.2) is 12.1 Å². The SMILES string of the molecule is CC(=O)c1ccc(C(C)=O)c(N)c1N. The van der Waals surface area contributed by atoms with Crippen molar-refractivity contribution in [1.82, 2.24) is 0 Å². The summed E-state index contributed by atoms with van der Waals surface area (Å²) in [6.45, 7) is 2.80. The second-order valence-corrected chi connectivity index (χ2v) is 3.10. The van der Waals surface area contributed by atoms with E-state index in [4.69, 9.17) is 11.5 Å². The molecule has 1 aromatic carbocycles. The molecule has 0 aliphatic rings. The van der Waals surface area contributed by atoms with Crippen LogP contribution >= 0.6 is 0 Å². The molecule has 0 aliphatic heterocycles. The Hall–Kier alpha value is -1.84. The Bertz CT molecular complexity index is 372. The molecule has 0 radical (unpaired) electrons. The number of nitrogen functional groups attached to an aromatic ring is 2. The minimum absolute atomic E-state index is 0.163. The summed E-state index contributed by atoms with van der Waals surface area (Å²) in [6.07, 6.45) is 0. The van der Waals surface area contributed by atoms with E-state index in [0.717, 1.165) is 0 Å². The van der Waals surface area contributed by atoms with Crippen LogP contribution in [0.3, 0.4) is 0 Å². The molecule has 0 heterocycles. The van der Waals surface area contributed by atoms with Crippen LogP contribution in [0.5, 0.6) is 0 Å². The highest BCUT2D eigenvalue weighted by Gasteiger charge is 2.13. The van der Waals surface area contributed by atoms with Crippen molar-refractivity contribution >= 4 is 22.9 Å². The molecule has 14 heavy (non-hydrogen) atoms. The number of benzene rings is 1. The highest BCUT2D eigenvalue weighted by atomic mass is 16.1. The van der Waals surface area contributed by atoms with Gasteiger partial charge in [0.1, 0.15) is 0 Å². The third kappa shape index (κ3) is 1.59. The maximum Gasteiger partial charge on any atom is 0.161 e. The molecule has 1 rings (SSSR count). The van der Waals surface area contributed by atoms with E-state index in [1.54, 1.807) is 0 Å². The molecule has 4 heteroatoms. The summed E-state index contributed by atoms with van der Waals surface area (Å²) >= 11 is 0. The first-order valence-electron chi connectivity index (χ1n) is 4.15. The molecular weight excluding hydrogens is 180 g/mol. The van der Waals surface area contributed by atoms with E-state index in [1.165, 1.54) is 26.0 Å². The van der Waals surface area contributed by atoms with Crippen molar-refractivity contribution in [2.24, 2.45) is 0 Å². The number of Topliss-reactive ketones (excluding diaryl/α,β-unsaturated/α-hetero) is 2. The van der Waals surface area contributed by atoms with Crippen LogP contribution in [-0.4, -0.2) is 11.6 Å². The second kappa shape index (κ2) is 3.49. The highest BCUT2D eigenvalue weighted by molar-refractivity contribution is 6.07. The van der Waals surface area contributed by atoms with E-state index in [-0.39, 0.29) is 22.9 Å². The van der Waals surface area contributed by atoms with Gasteiger partial charge in [-0.05, 0) is 26.0 Å². The van der Waals surface area contributed by atoms with Crippen LogP contribution in [0.2, 0.25) is 0 Å². The first-order chi connectivity index (χ1) is 6.45. The smallest absolute Gasteiger partial charge is 0.161 e. The quantitative estimate of drug-likeness (QED) is 0.545. The van der Waals surface area contributed by atoms with Crippen molar-refractivity contribution < 1.29 is 9.59 Å². The molecule has 1 aromatic rings. The molecule has 0 saturated heterocycles. The van der Waals surface area contributed by atoms with Crippen molar-refractivity contribution in [1.29, 1.82) is 0 Å². The zero-order valence-corrected chi connectivity index (χ0v) is 8.13. The molecule has 0 amide bonds. The Kier molecular flexibility index (Phi) is 2.56. The largest absolute Gasteiger partial charge is 0.396 e. The topological polar surface area (TPSA) is 86.2 Å². The van der Waals surface area contributed by atoms with Crippen molar-refractivity contribution in [3.63, 3.8) is 0 Å². The maximum atomic E-state index is 11.1. The lowest BCUT2D eigenvalue weighted by atomic mass is 10.0. The Morgan fingerprint density at radius 3 is 1.43 bits per heavy atom. The summed E-state index contributed by atoms with van der Waals surface area (Å²) in [7, 11) is 0. The van der Waals surface area contributed by atoms with E-state index < -0.39 is 0 Å². The normalized spacial score (nSPS) is 9.86. The number of carbonyl (C=O) groups excluding carboxylic acids is 2. The predicted octanol–water partition coefficient (Wildman–Crippen LogP) is 1.26. The standard InChI is InChI=1S/C10H12N2O2/c1-5(13)7-3-4-8(6(2)14)10(12)9(7)11/h3-4H,11-12H2,1-2H3. The summed E-state index contributed by atoms with van der Waals surface area (Å²) in [6, 6.07) is 3.04. The number of hydrogen-bond acceptors (Lipinski definition) is 4. The maximum absolute atomic E-state index is 11.1. The fraction of sp³-hybridized carbons (Fsp3) is 0.200. The van der Waals surface area contributed by atoms with E-state index in [9.17, 15) is 9.59 Å². The molecule has 0 bridgehead atoms. The number of nitrogens with two attached hydrogens (primary N) is 2. The number of carbonyl (C=O) groups is 2. The molecule has 0 aromatic heterocycles. The first kappa shape index (κ1) is 10.2. The number of anilines is 2. The fourth-order valence-corrected chi connectivity index (χ4v) is 1.25. The van der Waals surface area contributed by atoms with Gasteiger partial charge in [0.2, 0.25) is 0 Å². The minimum Gasteiger partial charge on any atom is -0.396 e. The van der Waals surface area contributed by atoms with Crippen molar-refractivity contribution in [3.05, 3.63) is 23.3 Å². The zero-order chi connectivity index (χ0) is 10.9. The van der Waals surface area contributed by atoms with Gasteiger partial charge in [-0.15, -0.1) is 0 Å². The van der Waals surface area contributed by atoms with Crippen LogP contribution in [0.25, 0.3) is 0 Å². The van der Waals surface area contributed by atoms with Gasteiger partial charge in [-0.25, -0.2) is 0 Å². The molecule has 4 N–H and O–H groups in total. The van der Waals surface area contributed by atoms with Gasteiger partial charge in [-0.2, -0.15) is 0 Å². The van der Waals surface area contributed by atoms with Crippen molar-refractivity contribution in [2.45, 2.75) is 13.8 Å². The molecule has 0 saturated carbocycles. The van der Waals surface area contributed by atoms with Crippen molar-refractivity contribution in [3.8, 4) is 0 Å².